The number of hydrogen-bond donors (Lipinski definition) is 1. The summed E-state index contributed by atoms with van der Waals surface area (Å²) < 4.78 is 5.55. The monoisotopic (exact) mass is 400 g/mol. The van der Waals surface area contributed by atoms with Crippen LogP contribution in [0, 0.1) is 18.3 Å². The number of carbonyl (C=O) groups is 1. The topological polar surface area (TPSA) is 57.7 Å². The van der Waals surface area contributed by atoms with Crippen LogP contribution in [-0.4, -0.2) is 72.7 Å². The van der Waals surface area contributed by atoms with Crippen LogP contribution in [0.2, 0.25) is 0 Å². The number of amides is 1. The Morgan fingerprint density at radius 3 is 2.90 bits per heavy atom. The molecular weight excluding hydrogens is 364 g/mol. The van der Waals surface area contributed by atoms with Gasteiger partial charge >= 0.3 is 0 Å². The molecule has 3 atom stereocenters. The van der Waals surface area contributed by atoms with Gasteiger partial charge < -0.3 is 15.0 Å². The van der Waals surface area contributed by atoms with Gasteiger partial charge in [0.15, 0.2) is 0 Å². The van der Waals surface area contributed by atoms with Crippen molar-refractivity contribution < 1.29 is 9.53 Å². The molecule has 6 heteroatoms. The van der Waals surface area contributed by atoms with Crippen molar-refractivity contribution in [3.05, 3.63) is 29.6 Å². The van der Waals surface area contributed by atoms with Crippen LogP contribution >= 0.6 is 0 Å². The Hall–Kier alpha value is -1.50. The fourth-order valence-corrected chi connectivity index (χ4v) is 5.69. The maximum absolute atomic E-state index is 13.6. The van der Waals surface area contributed by atoms with E-state index < -0.39 is 0 Å². The van der Waals surface area contributed by atoms with Crippen molar-refractivity contribution in [3.63, 3.8) is 0 Å². The molecule has 4 rings (SSSR count). The number of likely N-dealkylation sites (tertiary alicyclic amines) is 1. The summed E-state index contributed by atoms with van der Waals surface area (Å²) in [6.07, 6.45) is 8.08. The fourth-order valence-electron chi connectivity index (χ4n) is 5.69. The predicted octanol–water partition coefficient (Wildman–Crippen LogP) is 2.22. The number of ether oxygens (including phenoxy) is 1. The molecular formula is C23H36N4O2. The van der Waals surface area contributed by atoms with E-state index in [0.717, 1.165) is 82.7 Å². The van der Waals surface area contributed by atoms with Crippen molar-refractivity contribution in [1.29, 1.82) is 0 Å². The Morgan fingerprint density at radius 1 is 1.31 bits per heavy atom. The highest BCUT2D eigenvalue weighted by Gasteiger charge is 2.52. The summed E-state index contributed by atoms with van der Waals surface area (Å²) >= 11 is 0. The van der Waals surface area contributed by atoms with Crippen LogP contribution in [-0.2, 0) is 16.1 Å². The molecule has 0 aromatic carbocycles. The first kappa shape index (κ1) is 20.8. The van der Waals surface area contributed by atoms with Crippen molar-refractivity contribution in [1.82, 2.24) is 20.1 Å². The molecule has 1 aliphatic carbocycles. The highest BCUT2D eigenvalue weighted by molar-refractivity contribution is 5.83. The molecule has 29 heavy (non-hydrogen) atoms. The first-order valence-corrected chi connectivity index (χ1v) is 11.3. The minimum Gasteiger partial charge on any atom is -0.379 e. The van der Waals surface area contributed by atoms with Crippen LogP contribution in [0.25, 0.3) is 0 Å². The highest BCUT2D eigenvalue weighted by Crippen LogP contribution is 2.47. The van der Waals surface area contributed by atoms with E-state index in [-0.39, 0.29) is 11.3 Å². The fraction of sp³-hybridized carbons (Fsp3) is 0.739. The van der Waals surface area contributed by atoms with Gasteiger partial charge in [-0.2, -0.15) is 0 Å². The van der Waals surface area contributed by atoms with E-state index in [4.69, 9.17) is 4.74 Å². The van der Waals surface area contributed by atoms with Gasteiger partial charge in [0, 0.05) is 44.6 Å². The number of hydrogen-bond acceptors (Lipinski definition) is 5. The van der Waals surface area contributed by atoms with E-state index in [9.17, 15) is 4.79 Å². The van der Waals surface area contributed by atoms with E-state index in [2.05, 4.69) is 33.9 Å². The molecule has 1 N–H and O–H groups in total. The molecule has 3 fully saturated rings. The van der Waals surface area contributed by atoms with Crippen molar-refractivity contribution in [2.24, 2.45) is 11.3 Å². The molecule has 0 spiro atoms. The Bertz CT molecular complexity index is 706. The van der Waals surface area contributed by atoms with Gasteiger partial charge in [-0.1, -0.05) is 6.92 Å². The third kappa shape index (κ3) is 4.35. The van der Waals surface area contributed by atoms with Crippen molar-refractivity contribution >= 4 is 5.91 Å². The second-order valence-corrected chi connectivity index (χ2v) is 9.07. The number of nitrogens with zero attached hydrogens (tertiary/aromatic N) is 3. The number of nitrogens with one attached hydrogen (secondary N) is 1. The summed E-state index contributed by atoms with van der Waals surface area (Å²) in [5, 5.41) is 3.31. The van der Waals surface area contributed by atoms with Gasteiger partial charge in [-0.3, -0.25) is 14.7 Å². The maximum atomic E-state index is 13.6. The second kappa shape index (κ2) is 9.11. The number of aromatic nitrogens is 1. The third-order valence-electron chi connectivity index (χ3n) is 7.60. The lowest BCUT2D eigenvalue weighted by atomic mass is 9.61. The minimum atomic E-state index is -0.238. The summed E-state index contributed by atoms with van der Waals surface area (Å²) in [5.74, 6) is 0.739. The summed E-state index contributed by atoms with van der Waals surface area (Å²) in [6.45, 7) is 11.7. The highest BCUT2D eigenvalue weighted by atomic mass is 16.5. The van der Waals surface area contributed by atoms with Gasteiger partial charge in [0.05, 0.1) is 18.6 Å². The van der Waals surface area contributed by atoms with Crippen molar-refractivity contribution in [2.75, 3.05) is 45.9 Å². The van der Waals surface area contributed by atoms with E-state index in [1.165, 1.54) is 0 Å². The van der Waals surface area contributed by atoms with Crippen molar-refractivity contribution in [3.8, 4) is 0 Å². The Morgan fingerprint density at radius 2 is 2.14 bits per heavy atom. The van der Waals surface area contributed by atoms with Gasteiger partial charge in [0.25, 0.3) is 0 Å². The number of morpholine rings is 1. The van der Waals surface area contributed by atoms with Gasteiger partial charge in [-0.05, 0) is 68.8 Å². The van der Waals surface area contributed by atoms with Crippen LogP contribution in [0.5, 0.6) is 0 Å². The Labute approximate surface area is 175 Å². The lowest BCUT2D eigenvalue weighted by molar-refractivity contribution is -0.145. The molecule has 2 aliphatic heterocycles. The lowest BCUT2D eigenvalue weighted by Crippen LogP contribution is -2.60. The van der Waals surface area contributed by atoms with Crippen molar-refractivity contribution in [2.45, 2.75) is 52.1 Å². The maximum Gasteiger partial charge on any atom is 0.228 e. The standard InChI is InChI=1S/C23H36N4O2/c1-3-26-9-6-20-14-21(27-10-12-29-13-11-27)4-7-23(20,17-26)22(28)25-16-19-5-8-24-15-18(19)2/h5,8,15,20-21H,3-4,6-7,9-14,16-17H2,1-2H3,(H,25,28)/t20-,21+,23-/m1/s1. The predicted molar refractivity (Wildman–Crippen MR) is 114 cm³/mol. The molecule has 3 heterocycles. The van der Waals surface area contributed by atoms with E-state index in [1.807, 2.05) is 18.5 Å². The number of fused-ring (bicyclic) bond motifs is 1. The summed E-state index contributed by atoms with van der Waals surface area (Å²) in [4.78, 5) is 22.8. The zero-order chi connectivity index (χ0) is 20.3. The number of rotatable bonds is 5. The molecule has 1 aromatic rings. The van der Waals surface area contributed by atoms with Gasteiger partial charge in [0.2, 0.25) is 5.91 Å². The number of carbonyl (C=O) groups excluding carboxylic acids is 1. The number of aryl methyl sites for hydroxylation is 1. The number of piperidine rings is 1. The quantitative estimate of drug-likeness (QED) is 0.821. The summed E-state index contributed by atoms with van der Waals surface area (Å²) in [6, 6.07) is 2.62. The third-order valence-corrected chi connectivity index (χ3v) is 7.60. The summed E-state index contributed by atoms with van der Waals surface area (Å²) in [5.41, 5.74) is 2.06. The summed E-state index contributed by atoms with van der Waals surface area (Å²) in [7, 11) is 0. The van der Waals surface area contributed by atoms with Crippen LogP contribution in [0.4, 0.5) is 0 Å². The van der Waals surface area contributed by atoms with Gasteiger partial charge in [0.1, 0.15) is 0 Å². The second-order valence-electron chi connectivity index (χ2n) is 9.07. The molecule has 0 unspecified atom stereocenters. The molecule has 3 aliphatic rings. The normalized spacial score (nSPS) is 31.2. The van der Waals surface area contributed by atoms with Crippen LogP contribution in [0.15, 0.2) is 18.5 Å². The lowest BCUT2D eigenvalue weighted by Gasteiger charge is -2.53. The molecule has 1 amide bonds. The van der Waals surface area contributed by atoms with Crippen LogP contribution in [0.1, 0.15) is 43.7 Å². The number of pyridine rings is 1. The van der Waals surface area contributed by atoms with E-state index in [1.54, 1.807) is 0 Å². The molecule has 6 nitrogen and oxygen atoms in total. The average molecular weight is 401 g/mol. The van der Waals surface area contributed by atoms with E-state index >= 15 is 0 Å². The largest absolute Gasteiger partial charge is 0.379 e. The first-order chi connectivity index (χ1) is 14.1. The minimum absolute atomic E-state index is 0.238. The Balaban J connectivity index is 1.47. The first-order valence-electron chi connectivity index (χ1n) is 11.3. The smallest absolute Gasteiger partial charge is 0.228 e. The SMILES string of the molecule is CCN1CC[C@@H]2C[C@@H](N3CCOCC3)CC[C@@]2(C(=O)NCc2ccncc2C)C1. The van der Waals surface area contributed by atoms with Gasteiger partial charge in [-0.15, -0.1) is 0 Å². The van der Waals surface area contributed by atoms with Crippen LogP contribution < -0.4 is 5.32 Å². The van der Waals surface area contributed by atoms with Crippen LogP contribution in [0.3, 0.4) is 0 Å². The van der Waals surface area contributed by atoms with Gasteiger partial charge in [-0.25, -0.2) is 0 Å². The average Bonchev–Trinajstić information content (AvgIpc) is 2.78. The van der Waals surface area contributed by atoms with E-state index in [0.29, 0.717) is 18.5 Å². The Kier molecular flexibility index (Phi) is 6.52. The molecule has 160 valence electrons. The molecule has 2 saturated heterocycles. The molecule has 1 aromatic heterocycles. The zero-order valence-corrected chi connectivity index (χ0v) is 18.0. The molecule has 0 bridgehead atoms. The molecule has 0 radical (unpaired) electrons. The zero-order valence-electron chi connectivity index (χ0n) is 18.0. The molecule has 1 saturated carbocycles.